The van der Waals surface area contributed by atoms with E-state index < -0.39 is 22.8 Å². The van der Waals surface area contributed by atoms with Crippen molar-refractivity contribution in [2.24, 2.45) is 0 Å². The van der Waals surface area contributed by atoms with E-state index in [0.29, 0.717) is 0 Å². The van der Waals surface area contributed by atoms with E-state index in [1.807, 2.05) is 0 Å². The predicted octanol–water partition coefficient (Wildman–Crippen LogP) is -1.19. The van der Waals surface area contributed by atoms with Gasteiger partial charge in [0.25, 0.3) is 0 Å². The molecule has 1 aromatic carbocycles. The Kier molecular flexibility index (Phi) is 2.22. The van der Waals surface area contributed by atoms with Crippen molar-refractivity contribution in [2.75, 3.05) is 0 Å². The van der Waals surface area contributed by atoms with Gasteiger partial charge in [0.1, 0.15) is 25.5 Å². The molecule has 5 nitrogen and oxygen atoms in total. The summed E-state index contributed by atoms with van der Waals surface area (Å²) >= 11 is 0. The van der Waals surface area contributed by atoms with E-state index in [1.165, 1.54) is 13.9 Å². The van der Waals surface area contributed by atoms with Gasteiger partial charge in [-0.05, 0) is 5.46 Å². The van der Waals surface area contributed by atoms with Crippen molar-refractivity contribution in [1.29, 1.82) is 10.5 Å². The molecule has 68 valence electrons. The normalized spacial score (nSPS) is 9.00. The summed E-state index contributed by atoms with van der Waals surface area (Å²) in [6, 6.07) is 3.13. The van der Waals surface area contributed by atoms with Crippen LogP contribution in [0.2, 0.25) is 0 Å². The van der Waals surface area contributed by atoms with Crippen molar-refractivity contribution in [1.82, 2.24) is 0 Å². The third-order valence-corrected chi connectivity index (χ3v) is 1.89. The van der Waals surface area contributed by atoms with Crippen LogP contribution in [0.1, 0.15) is 11.1 Å². The number of nitrogens with zero attached hydrogens (tertiary/aromatic N) is 2. The largest absolute Gasteiger partial charge is 0.505 e. The van der Waals surface area contributed by atoms with Gasteiger partial charge >= 0.3 is 0 Å². The molecule has 1 aromatic rings. The van der Waals surface area contributed by atoms with Crippen LogP contribution in [0.5, 0.6) is 17.2 Å². The highest BCUT2D eigenvalue weighted by Crippen LogP contribution is 2.35. The molecule has 0 spiro atoms. The van der Waals surface area contributed by atoms with E-state index in [2.05, 4.69) is 0 Å². The topological polar surface area (TPSA) is 108 Å². The first-order valence-corrected chi connectivity index (χ1v) is 3.62. The Morgan fingerprint density at radius 2 is 1.36 bits per heavy atom. The van der Waals surface area contributed by atoms with Crippen LogP contribution in [-0.4, -0.2) is 23.2 Å². The Bertz CT molecular complexity index is 444. The van der Waals surface area contributed by atoms with Crippen LogP contribution in [0.3, 0.4) is 0 Å². The molecule has 0 unspecified atom stereocenters. The zero-order valence-corrected chi connectivity index (χ0v) is 7.24. The average molecular weight is 188 g/mol. The monoisotopic (exact) mass is 188 g/mol. The predicted molar refractivity (Wildman–Crippen MR) is 49.0 cm³/mol. The number of hydrogen-bond acceptors (Lipinski definition) is 5. The summed E-state index contributed by atoms with van der Waals surface area (Å²) in [5.74, 6) is -1.87. The van der Waals surface area contributed by atoms with Crippen molar-refractivity contribution in [2.45, 2.75) is 0 Å². The third-order valence-electron chi connectivity index (χ3n) is 1.89. The van der Waals surface area contributed by atoms with E-state index in [4.69, 9.17) is 10.5 Å². The molecule has 0 aliphatic carbocycles. The molecular weight excluding hydrogens is 183 g/mol. The zero-order valence-electron chi connectivity index (χ0n) is 7.24. The maximum Gasteiger partial charge on any atom is 0.178 e. The molecule has 14 heavy (non-hydrogen) atoms. The smallest absolute Gasteiger partial charge is 0.178 e. The number of benzene rings is 1. The highest BCUT2D eigenvalue weighted by atomic mass is 16.3. The molecule has 0 fully saturated rings. The minimum Gasteiger partial charge on any atom is -0.505 e. The van der Waals surface area contributed by atoms with Gasteiger partial charge in [0.2, 0.25) is 0 Å². The van der Waals surface area contributed by atoms with Gasteiger partial charge in [-0.2, -0.15) is 10.5 Å². The van der Waals surface area contributed by atoms with Crippen LogP contribution < -0.4 is 5.46 Å². The summed E-state index contributed by atoms with van der Waals surface area (Å²) in [7, 11) is 1.36. The van der Waals surface area contributed by atoms with Crippen LogP contribution in [0.25, 0.3) is 0 Å². The Balaban J connectivity index is 3.78. The quantitative estimate of drug-likeness (QED) is 0.269. The van der Waals surface area contributed by atoms with Gasteiger partial charge in [0, 0.05) is 0 Å². The van der Waals surface area contributed by atoms with E-state index in [1.54, 1.807) is 6.07 Å². The Hall–Kier alpha value is -2.34. The minimum absolute atomic E-state index is 0.0431. The maximum absolute atomic E-state index is 9.36. The third kappa shape index (κ3) is 1.10. The van der Waals surface area contributed by atoms with Crippen LogP contribution in [0.4, 0.5) is 0 Å². The number of hydrogen-bond donors (Lipinski definition) is 3. The first-order valence-electron chi connectivity index (χ1n) is 3.62. The molecule has 1 rings (SSSR count). The molecule has 0 aliphatic rings. The first-order chi connectivity index (χ1) is 6.54. The average Bonchev–Trinajstić information content (AvgIpc) is 2.16. The zero-order chi connectivity index (χ0) is 10.9. The molecule has 0 atom stereocenters. The molecule has 0 aromatic heterocycles. The van der Waals surface area contributed by atoms with Crippen LogP contribution in [0, 0.1) is 22.7 Å². The second kappa shape index (κ2) is 3.19. The Morgan fingerprint density at radius 3 is 1.79 bits per heavy atom. The fraction of sp³-hybridized carbons (Fsp3) is 0. The Morgan fingerprint density at radius 1 is 0.857 bits per heavy atom. The number of phenols is 3. The molecule has 0 amide bonds. The van der Waals surface area contributed by atoms with E-state index in [9.17, 15) is 15.3 Å². The fourth-order valence-corrected chi connectivity index (χ4v) is 1.07. The molecular formula is C8H5BN2O3. The summed E-state index contributed by atoms with van der Waals surface area (Å²) in [5, 5.41) is 45.1. The number of aromatic hydroxyl groups is 3. The maximum atomic E-state index is 9.36. The van der Waals surface area contributed by atoms with Crippen molar-refractivity contribution in [3.8, 4) is 29.4 Å². The molecule has 0 saturated carbocycles. The van der Waals surface area contributed by atoms with Gasteiger partial charge in [0.15, 0.2) is 17.2 Å². The SMILES string of the molecule is Bc1c(O)c(O)c(C#N)c(O)c1C#N. The van der Waals surface area contributed by atoms with E-state index in [0.717, 1.165) is 0 Å². The van der Waals surface area contributed by atoms with Crippen molar-refractivity contribution >= 4 is 13.3 Å². The number of nitriles is 2. The lowest BCUT2D eigenvalue weighted by Crippen LogP contribution is -2.10. The van der Waals surface area contributed by atoms with Gasteiger partial charge in [0.05, 0.1) is 5.56 Å². The Labute approximate surface area is 80.5 Å². The molecule has 0 saturated heterocycles. The summed E-state index contributed by atoms with van der Waals surface area (Å²) in [4.78, 5) is 0. The summed E-state index contributed by atoms with van der Waals surface area (Å²) in [6.07, 6.45) is 0. The van der Waals surface area contributed by atoms with Crippen molar-refractivity contribution in [3.63, 3.8) is 0 Å². The summed E-state index contributed by atoms with van der Waals surface area (Å²) in [6.45, 7) is 0. The van der Waals surface area contributed by atoms with Crippen LogP contribution >= 0.6 is 0 Å². The van der Waals surface area contributed by atoms with E-state index in [-0.39, 0.29) is 11.0 Å². The number of rotatable bonds is 0. The van der Waals surface area contributed by atoms with Gasteiger partial charge in [-0.1, -0.05) is 0 Å². The highest BCUT2D eigenvalue weighted by Gasteiger charge is 2.20. The van der Waals surface area contributed by atoms with Gasteiger partial charge in [-0.3, -0.25) is 0 Å². The summed E-state index contributed by atoms with van der Waals surface area (Å²) in [5.41, 5.74) is -0.664. The van der Waals surface area contributed by atoms with Gasteiger partial charge in [-0.15, -0.1) is 0 Å². The second-order valence-electron chi connectivity index (χ2n) is 2.64. The second-order valence-corrected chi connectivity index (χ2v) is 2.64. The van der Waals surface area contributed by atoms with Crippen LogP contribution in [-0.2, 0) is 0 Å². The lowest BCUT2D eigenvalue weighted by molar-refractivity contribution is 0.397. The van der Waals surface area contributed by atoms with Crippen molar-refractivity contribution in [3.05, 3.63) is 11.1 Å². The lowest BCUT2D eigenvalue weighted by atomic mass is 9.87. The highest BCUT2D eigenvalue weighted by molar-refractivity contribution is 6.36. The standard InChI is InChI=1S/C8H5BN2O3/c9-5-3(1-10)6(12)4(2-11)7(13)8(5)14/h12-14H,9H2. The van der Waals surface area contributed by atoms with Crippen molar-refractivity contribution < 1.29 is 15.3 Å². The molecule has 0 bridgehead atoms. The lowest BCUT2D eigenvalue weighted by Gasteiger charge is -2.08. The molecule has 3 N–H and O–H groups in total. The minimum atomic E-state index is -0.707. The molecule has 0 aliphatic heterocycles. The molecule has 6 heteroatoms. The summed E-state index contributed by atoms with van der Waals surface area (Å²) < 4.78 is 0. The first kappa shape index (κ1) is 9.75. The molecule has 0 heterocycles. The van der Waals surface area contributed by atoms with Gasteiger partial charge in [-0.25, -0.2) is 0 Å². The fourth-order valence-electron chi connectivity index (χ4n) is 1.07. The van der Waals surface area contributed by atoms with Gasteiger partial charge < -0.3 is 15.3 Å². The molecule has 0 radical (unpaired) electrons. The van der Waals surface area contributed by atoms with E-state index >= 15 is 0 Å². The van der Waals surface area contributed by atoms with Crippen LogP contribution in [0.15, 0.2) is 0 Å². The number of phenolic OH excluding ortho intramolecular Hbond substituents is 3.